The third kappa shape index (κ3) is 3.22. The highest BCUT2D eigenvalue weighted by atomic mass is 15.2. The SMILES string of the molecule is CC(C)CCN(c1ccc(C(=N)N)nc1)C1CC1. The molecule has 1 aliphatic rings. The average Bonchev–Trinajstić information content (AvgIpc) is 3.14. The number of nitrogens with zero attached hydrogens (tertiary/aromatic N) is 2. The first-order valence-corrected chi connectivity index (χ1v) is 6.65. The number of rotatable bonds is 6. The van der Waals surface area contributed by atoms with Crippen molar-refractivity contribution >= 4 is 11.5 Å². The molecule has 3 N–H and O–H groups in total. The van der Waals surface area contributed by atoms with Gasteiger partial charge in [0.05, 0.1) is 11.9 Å². The molecule has 0 bridgehead atoms. The third-order valence-electron chi connectivity index (χ3n) is 3.29. The van der Waals surface area contributed by atoms with Crippen molar-refractivity contribution in [3.05, 3.63) is 24.0 Å². The minimum absolute atomic E-state index is 0.0294. The maximum absolute atomic E-state index is 7.35. The molecule has 1 fully saturated rings. The molecule has 0 atom stereocenters. The minimum atomic E-state index is 0.0294. The molecular weight excluding hydrogens is 224 g/mol. The second kappa shape index (κ2) is 5.38. The summed E-state index contributed by atoms with van der Waals surface area (Å²) >= 11 is 0. The Balaban J connectivity index is 2.07. The van der Waals surface area contributed by atoms with Gasteiger partial charge in [-0.2, -0.15) is 0 Å². The van der Waals surface area contributed by atoms with Crippen LogP contribution >= 0.6 is 0 Å². The van der Waals surface area contributed by atoms with E-state index in [4.69, 9.17) is 11.1 Å². The van der Waals surface area contributed by atoms with E-state index in [0.29, 0.717) is 11.7 Å². The molecule has 0 unspecified atom stereocenters. The quantitative estimate of drug-likeness (QED) is 0.598. The first-order valence-electron chi connectivity index (χ1n) is 6.65. The van der Waals surface area contributed by atoms with Gasteiger partial charge in [0.2, 0.25) is 0 Å². The molecule has 1 aliphatic carbocycles. The fourth-order valence-corrected chi connectivity index (χ4v) is 2.02. The van der Waals surface area contributed by atoms with Gasteiger partial charge in [-0.1, -0.05) is 13.8 Å². The second-order valence-corrected chi connectivity index (χ2v) is 5.42. The van der Waals surface area contributed by atoms with Crippen molar-refractivity contribution in [3.8, 4) is 0 Å². The molecule has 1 aromatic heterocycles. The average molecular weight is 246 g/mol. The van der Waals surface area contributed by atoms with E-state index in [1.54, 1.807) is 0 Å². The summed E-state index contributed by atoms with van der Waals surface area (Å²) in [6, 6.07) is 4.55. The van der Waals surface area contributed by atoms with Crippen LogP contribution in [0.15, 0.2) is 18.3 Å². The molecular formula is C14H22N4. The van der Waals surface area contributed by atoms with Crippen LogP contribution in [0.5, 0.6) is 0 Å². The maximum Gasteiger partial charge on any atom is 0.141 e. The van der Waals surface area contributed by atoms with Crippen molar-refractivity contribution in [2.45, 2.75) is 39.2 Å². The van der Waals surface area contributed by atoms with Crippen LogP contribution in [0.2, 0.25) is 0 Å². The highest BCUT2D eigenvalue weighted by Crippen LogP contribution is 2.31. The molecule has 98 valence electrons. The molecule has 0 spiro atoms. The fourth-order valence-electron chi connectivity index (χ4n) is 2.02. The highest BCUT2D eigenvalue weighted by molar-refractivity contribution is 5.93. The van der Waals surface area contributed by atoms with Crippen LogP contribution in [0.1, 0.15) is 38.8 Å². The lowest BCUT2D eigenvalue weighted by Gasteiger charge is -2.25. The lowest BCUT2D eigenvalue weighted by Crippen LogP contribution is -2.28. The summed E-state index contributed by atoms with van der Waals surface area (Å²) in [5, 5.41) is 7.35. The Morgan fingerprint density at radius 1 is 1.50 bits per heavy atom. The van der Waals surface area contributed by atoms with Gasteiger partial charge in [-0.25, -0.2) is 0 Å². The zero-order valence-electron chi connectivity index (χ0n) is 11.2. The van der Waals surface area contributed by atoms with E-state index in [1.165, 1.54) is 19.3 Å². The van der Waals surface area contributed by atoms with Crippen LogP contribution in [0.4, 0.5) is 5.69 Å². The molecule has 0 saturated heterocycles. The topological polar surface area (TPSA) is 66.0 Å². The van der Waals surface area contributed by atoms with Gasteiger partial charge in [0, 0.05) is 12.6 Å². The number of hydrogen-bond donors (Lipinski definition) is 2. The number of hydrogen-bond acceptors (Lipinski definition) is 3. The molecule has 1 heterocycles. The van der Waals surface area contributed by atoms with Gasteiger partial charge < -0.3 is 10.6 Å². The molecule has 2 rings (SSSR count). The van der Waals surface area contributed by atoms with Gasteiger partial charge in [0.15, 0.2) is 0 Å². The molecule has 4 heteroatoms. The summed E-state index contributed by atoms with van der Waals surface area (Å²) in [7, 11) is 0. The number of nitrogens with one attached hydrogen (secondary N) is 1. The summed E-state index contributed by atoms with van der Waals surface area (Å²) in [5.41, 5.74) is 7.13. The van der Waals surface area contributed by atoms with E-state index < -0.39 is 0 Å². The minimum Gasteiger partial charge on any atom is -0.382 e. The predicted molar refractivity (Wildman–Crippen MR) is 75.1 cm³/mol. The Hall–Kier alpha value is -1.58. The van der Waals surface area contributed by atoms with Crippen molar-refractivity contribution in [2.24, 2.45) is 11.7 Å². The normalized spacial score (nSPS) is 14.8. The molecule has 0 aliphatic heterocycles. The Bertz CT molecular complexity index is 406. The summed E-state index contributed by atoms with van der Waals surface area (Å²) in [5.74, 6) is 0.748. The Labute approximate surface area is 109 Å². The molecule has 4 nitrogen and oxygen atoms in total. The fraction of sp³-hybridized carbons (Fsp3) is 0.571. The van der Waals surface area contributed by atoms with Crippen LogP contribution in [-0.4, -0.2) is 23.4 Å². The van der Waals surface area contributed by atoms with Crippen molar-refractivity contribution < 1.29 is 0 Å². The van der Waals surface area contributed by atoms with Crippen LogP contribution in [-0.2, 0) is 0 Å². The maximum atomic E-state index is 7.35. The Kier molecular flexibility index (Phi) is 3.84. The number of amidine groups is 1. The smallest absolute Gasteiger partial charge is 0.141 e. The Morgan fingerprint density at radius 2 is 2.22 bits per heavy atom. The molecule has 18 heavy (non-hydrogen) atoms. The van der Waals surface area contributed by atoms with Crippen LogP contribution in [0.3, 0.4) is 0 Å². The largest absolute Gasteiger partial charge is 0.382 e. The summed E-state index contributed by atoms with van der Waals surface area (Å²) in [4.78, 5) is 6.69. The standard InChI is InChI=1S/C14H22N4/c1-10(2)7-8-18(11-3-4-11)12-5-6-13(14(15)16)17-9-12/h5-6,9-11H,3-4,7-8H2,1-2H3,(H3,15,16). The van der Waals surface area contributed by atoms with E-state index in [-0.39, 0.29) is 5.84 Å². The summed E-state index contributed by atoms with van der Waals surface area (Å²) in [6.07, 6.45) is 5.61. The van der Waals surface area contributed by atoms with E-state index in [2.05, 4.69) is 23.7 Å². The lowest BCUT2D eigenvalue weighted by molar-refractivity contribution is 0.570. The molecule has 0 amide bonds. The lowest BCUT2D eigenvalue weighted by atomic mass is 10.1. The van der Waals surface area contributed by atoms with Gasteiger partial charge in [-0.3, -0.25) is 10.4 Å². The van der Waals surface area contributed by atoms with E-state index >= 15 is 0 Å². The predicted octanol–water partition coefficient (Wildman–Crippen LogP) is 2.38. The monoisotopic (exact) mass is 246 g/mol. The third-order valence-corrected chi connectivity index (χ3v) is 3.29. The summed E-state index contributed by atoms with van der Waals surface area (Å²) < 4.78 is 0. The van der Waals surface area contributed by atoms with Crippen molar-refractivity contribution in [1.29, 1.82) is 5.41 Å². The van der Waals surface area contributed by atoms with Crippen molar-refractivity contribution in [2.75, 3.05) is 11.4 Å². The molecule has 0 aromatic carbocycles. The van der Waals surface area contributed by atoms with Crippen LogP contribution in [0, 0.1) is 11.3 Å². The second-order valence-electron chi connectivity index (χ2n) is 5.42. The van der Waals surface area contributed by atoms with Gasteiger partial charge in [-0.15, -0.1) is 0 Å². The van der Waals surface area contributed by atoms with Crippen molar-refractivity contribution in [1.82, 2.24) is 4.98 Å². The van der Waals surface area contributed by atoms with Gasteiger partial charge in [-0.05, 0) is 37.3 Å². The van der Waals surface area contributed by atoms with E-state index in [1.807, 2.05) is 18.3 Å². The number of pyridine rings is 1. The molecule has 0 radical (unpaired) electrons. The number of anilines is 1. The number of nitrogens with two attached hydrogens (primary N) is 1. The van der Waals surface area contributed by atoms with Crippen LogP contribution < -0.4 is 10.6 Å². The van der Waals surface area contributed by atoms with E-state index in [0.717, 1.165) is 18.2 Å². The van der Waals surface area contributed by atoms with Crippen molar-refractivity contribution in [3.63, 3.8) is 0 Å². The Morgan fingerprint density at radius 3 is 2.67 bits per heavy atom. The zero-order chi connectivity index (χ0) is 13.1. The number of aromatic nitrogens is 1. The first kappa shape index (κ1) is 12.9. The van der Waals surface area contributed by atoms with E-state index in [9.17, 15) is 0 Å². The van der Waals surface area contributed by atoms with Gasteiger partial charge >= 0.3 is 0 Å². The summed E-state index contributed by atoms with van der Waals surface area (Å²) in [6.45, 7) is 5.59. The molecule has 1 aromatic rings. The van der Waals surface area contributed by atoms with Gasteiger partial charge in [0.25, 0.3) is 0 Å². The number of nitrogen functional groups attached to an aromatic ring is 1. The van der Waals surface area contributed by atoms with Gasteiger partial charge in [0.1, 0.15) is 11.5 Å². The molecule has 1 saturated carbocycles. The highest BCUT2D eigenvalue weighted by Gasteiger charge is 2.29. The zero-order valence-corrected chi connectivity index (χ0v) is 11.2. The first-order chi connectivity index (χ1) is 8.58. The van der Waals surface area contributed by atoms with Crippen LogP contribution in [0.25, 0.3) is 0 Å².